The predicted molar refractivity (Wildman–Crippen MR) is 137 cm³/mol. The molecular formula is C28H32F3N5O. The van der Waals surface area contributed by atoms with E-state index in [-0.39, 0.29) is 11.5 Å². The Bertz CT molecular complexity index is 1480. The Morgan fingerprint density at radius 2 is 1.92 bits per heavy atom. The lowest BCUT2D eigenvalue weighted by Gasteiger charge is -2.40. The summed E-state index contributed by atoms with van der Waals surface area (Å²) in [7, 11) is 1.89. The fourth-order valence-corrected chi connectivity index (χ4v) is 5.16. The number of carbonyl (C=O) groups excluding carboxylic acids is 1. The molecular weight excluding hydrogens is 479 g/mol. The highest BCUT2D eigenvalue weighted by atomic mass is 19.4. The first kappa shape index (κ1) is 26.6. The van der Waals surface area contributed by atoms with Crippen LogP contribution in [0.5, 0.6) is 0 Å². The number of aryl methyl sites for hydroxylation is 2. The molecule has 0 aliphatic carbocycles. The lowest BCUT2D eigenvalue weighted by atomic mass is 9.90. The van der Waals surface area contributed by atoms with Crippen molar-refractivity contribution in [2.24, 2.45) is 12.0 Å². The number of alkyl halides is 3. The molecule has 1 aliphatic rings. The zero-order valence-corrected chi connectivity index (χ0v) is 22.2. The van der Waals surface area contributed by atoms with Crippen LogP contribution in [0.15, 0.2) is 41.5 Å². The molecule has 37 heavy (non-hydrogen) atoms. The summed E-state index contributed by atoms with van der Waals surface area (Å²) in [6.07, 6.45) is 0.0873. The van der Waals surface area contributed by atoms with E-state index in [4.69, 9.17) is 15.0 Å². The molecule has 6 nitrogen and oxygen atoms in total. The third kappa shape index (κ3) is 5.04. The largest absolute Gasteiger partial charge is 0.416 e. The van der Waals surface area contributed by atoms with E-state index in [0.29, 0.717) is 29.8 Å². The number of pyridine rings is 1. The molecule has 0 fully saturated rings. The van der Waals surface area contributed by atoms with Crippen molar-refractivity contribution in [1.29, 1.82) is 0 Å². The van der Waals surface area contributed by atoms with E-state index in [2.05, 4.69) is 6.08 Å². The molecule has 1 amide bonds. The topological polar surface area (TPSA) is 63.4 Å². The minimum absolute atomic E-state index is 0.0263. The van der Waals surface area contributed by atoms with Crippen LogP contribution < -0.4 is 5.49 Å². The van der Waals surface area contributed by atoms with Gasteiger partial charge in [0.05, 0.1) is 34.6 Å². The van der Waals surface area contributed by atoms with Crippen molar-refractivity contribution in [2.75, 3.05) is 6.54 Å². The number of fused-ring (bicyclic) bond motifs is 1. The second-order valence-electron chi connectivity index (χ2n) is 10.2. The molecule has 0 spiro atoms. The number of aromatic nitrogens is 3. The number of halogens is 3. The van der Waals surface area contributed by atoms with Gasteiger partial charge in [-0.15, -0.1) is 0 Å². The third-order valence-corrected chi connectivity index (χ3v) is 7.22. The average molecular weight is 512 g/mol. The number of nitrogens with zero attached hydrogens (tertiary/aromatic N) is 5. The van der Waals surface area contributed by atoms with Crippen molar-refractivity contribution in [3.8, 4) is 0 Å². The molecule has 1 aromatic carbocycles. The third-order valence-electron chi connectivity index (χ3n) is 7.22. The molecule has 3 aromatic rings. The molecule has 0 saturated carbocycles. The highest BCUT2D eigenvalue weighted by Gasteiger charge is 2.33. The molecule has 9 heteroatoms. The highest BCUT2D eigenvalue weighted by Crippen LogP contribution is 2.35. The van der Waals surface area contributed by atoms with E-state index >= 15 is 0 Å². The van der Waals surface area contributed by atoms with Gasteiger partial charge in [-0.2, -0.15) is 13.2 Å². The van der Waals surface area contributed by atoms with Gasteiger partial charge in [-0.1, -0.05) is 18.2 Å². The smallest absolute Gasteiger partial charge is 0.334 e. The van der Waals surface area contributed by atoms with Gasteiger partial charge in [0.15, 0.2) is 5.49 Å². The van der Waals surface area contributed by atoms with Crippen LogP contribution in [0.25, 0.3) is 16.5 Å². The van der Waals surface area contributed by atoms with Crippen molar-refractivity contribution >= 4 is 22.4 Å². The first-order chi connectivity index (χ1) is 17.2. The first-order valence-corrected chi connectivity index (χ1v) is 12.2. The standard InChI is InChI=1S/C28H32F3N5O/c1-16-21(9-8-10-23(16)28(29,30)31)17(2)33-26-22-13-24(32-15-25(22)35(7)18(3)34-26)20-11-12-36(19(4)37)27(5,6)14-20/h8-10,13-15,17H,11-12H2,1-7H3/b33-26-/t17-/m1/s1. The van der Waals surface area contributed by atoms with Crippen LogP contribution in [0.4, 0.5) is 13.2 Å². The van der Waals surface area contributed by atoms with E-state index < -0.39 is 23.3 Å². The highest BCUT2D eigenvalue weighted by molar-refractivity contribution is 5.82. The maximum atomic E-state index is 13.5. The van der Waals surface area contributed by atoms with Crippen LogP contribution in [0.3, 0.4) is 0 Å². The van der Waals surface area contributed by atoms with E-state index in [0.717, 1.165) is 28.2 Å². The van der Waals surface area contributed by atoms with Crippen molar-refractivity contribution in [3.05, 3.63) is 70.2 Å². The second kappa shape index (κ2) is 9.43. The lowest BCUT2D eigenvalue weighted by Crippen LogP contribution is -2.48. The summed E-state index contributed by atoms with van der Waals surface area (Å²) in [5, 5.41) is 0.766. The Morgan fingerprint density at radius 1 is 1.22 bits per heavy atom. The van der Waals surface area contributed by atoms with Gasteiger partial charge in [-0.25, -0.2) is 4.98 Å². The van der Waals surface area contributed by atoms with Gasteiger partial charge < -0.3 is 9.47 Å². The zero-order valence-electron chi connectivity index (χ0n) is 22.2. The first-order valence-electron chi connectivity index (χ1n) is 12.2. The van der Waals surface area contributed by atoms with Crippen LogP contribution >= 0.6 is 0 Å². The fourth-order valence-electron chi connectivity index (χ4n) is 5.16. The van der Waals surface area contributed by atoms with Gasteiger partial charge in [0, 0.05) is 25.9 Å². The summed E-state index contributed by atoms with van der Waals surface area (Å²) in [6, 6.07) is 5.59. The summed E-state index contributed by atoms with van der Waals surface area (Å²) in [5.74, 6) is 0.738. The number of hydrogen-bond donors (Lipinski definition) is 0. The maximum Gasteiger partial charge on any atom is 0.416 e. The fraction of sp³-hybridized carbons (Fsp3) is 0.429. The molecule has 0 unspecified atom stereocenters. The Labute approximate surface area is 214 Å². The Kier molecular flexibility index (Phi) is 6.77. The number of carbonyl (C=O) groups is 1. The van der Waals surface area contributed by atoms with Gasteiger partial charge >= 0.3 is 6.18 Å². The van der Waals surface area contributed by atoms with Crippen molar-refractivity contribution in [1.82, 2.24) is 19.4 Å². The monoisotopic (exact) mass is 511 g/mol. The van der Waals surface area contributed by atoms with Crippen molar-refractivity contribution < 1.29 is 18.0 Å². The van der Waals surface area contributed by atoms with Crippen LogP contribution in [-0.4, -0.2) is 37.4 Å². The lowest BCUT2D eigenvalue weighted by molar-refractivity contribution is -0.138. The number of hydrogen-bond acceptors (Lipinski definition) is 4. The van der Waals surface area contributed by atoms with Crippen molar-refractivity contribution in [3.63, 3.8) is 0 Å². The van der Waals surface area contributed by atoms with E-state index in [1.54, 1.807) is 26.1 Å². The Balaban J connectivity index is 1.86. The number of benzene rings is 1. The van der Waals surface area contributed by atoms with E-state index in [1.807, 2.05) is 43.4 Å². The summed E-state index contributed by atoms with van der Waals surface area (Å²) < 4.78 is 42.4. The number of amides is 1. The average Bonchev–Trinajstić information content (AvgIpc) is 2.80. The molecule has 4 rings (SSSR count). The van der Waals surface area contributed by atoms with Gasteiger partial charge in [0.25, 0.3) is 0 Å². The van der Waals surface area contributed by atoms with Crippen molar-refractivity contribution in [2.45, 2.75) is 65.7 Å². The van der Waals surface area contributed by atoms with Crippen LogP contribution in [0.1, 0.15) is 68.4 Å². The summed E-state index contributed by atoms with van der Waals surface area (Å²) in [6.45, 7) is 11.3. The molecule has 0 saturated heterocycles. The SMILES string of the molecule is CC(=O)N1CCC(c2cc3/c(=N/[C@H](C)c4cccc(C(F)(F)F)c4C)nc(C)n(C)c3cn2)=CC1(C)C. The summed E-state index contributed by atoms with van der Waals surface area (Å²) >= 11 is 0. The van der Waals surface area contributed by atoms with E-state index in [9.17, 15) is 18.0 Å². The predicted octanol–water partition coefficient (Wildman–Crippen LogP) is 5.68. The van der Waals surface area contributed by atoms with Gasteiger partial charge in [-0.05, 0) is 69.9 Å². The maximum absolute atomic E-state index is 13.5. The second-order valence-corrected chi connectivity index (χ2v) is 10.2. The summed E-state index contributed by atoms with van der Waals surface area (Å²) in [4.78, 5) is 28.1. The molecule has 0 bridgehead atoms. The Hall–Kier alpha value is -3.49. The van der Waals surface area contributed by atoms with Gasteiger partial charge in [-0.3, -0.25) is 14.8 Å². The zero-order chi connectivity index (χ0) is 27.3. The van der Waals surface area contributed by atoms with Crippen LogP contribution in [0, 0.1) is 13.8 Å². The van der Waals surface area contributed by atoms with Gasteiger partial charge in [0.1, 0.15) is 5.82 Å². The number of rotatable bonds is 3. The molecule has 2 aromatic heterocycles. The normalized spacial score (nSPS) is 17.2. The molecule has 3 heterocycles. The Morgan fingerprint density at radius 3 is 2.54 bits per heavy atom. The molecule has 0 N–H and O–H groups in total. The molecule has 196 valence electrons. The van der Waals surface area contributed by atoms with Gasteiger partial charge in [0.2, 0.25) is 5.91 Å². The van der Waals surface area contributed by atoms with Crippen LogP contribution in [0.2, 0.25) is 0 Å². The minimum atomic E-state index is -4.43. The van der Waals surface area contributed by atoms with E-state index in [1.165, 1.54) is 13.0 Å². The molecule has 0 radical (unpaired) electrons. The minimum Gasteiger partial charge on any atom is -0.334 e. The molecule has 1 atom stereocenters. The summed E-state index contributed by atoms with van der Waals surface area (Å²) in [5.41, 5.74) is 2.65. The molecule has 1 aliphatic heterocycles. The quantitative estimate of drug-likeness (QED) is 0.455. The van der Waals surface area contributed by atoms with Crippen LogP contribution in [-0.2, 0) is 18.0 Å².